The monoisotopic (exact) mass is 282 g/mol. The highest BCUT2D eigenvalue weighted by Gasteiger charge is 2.28. The second kappa shape index (κ2) is 4.43. The standard InChI is InChI=1S/C16H18N4O/c1-9(2)12-7-21-8-13-19-14-15(20(12)13)10-5-3-4-6-11(10)18-16(14)17/h3-6,9,12H,7-8H2,1-2H3,(H2,17,18)/t12-/m1/s1. The fraction of sp³-hybridized carbons (Fsp3) is 0.375. The first-order valence-corrected chi connectivity index (χ1v) is 7.29. The average Bonchev–Trinajstić information content (AvgIpc) is 2.87. The van der Waals surface area contributed by atoms with Gasteiger partial charge in [0.1, 0.15) is 17.9 Å². The van der Waals surface area contributed by atoms with Gasteiger partial charge in [-0.1, -0.05) is 32.0 Å². The molecular formula is C16H18N4O. The molecule has 0 spiro atoms. The summed E-state index contributed by atoms with van der Waals surface area (Å²) in [5.41, 5.74) is 8.93. The van der Waals surface area contributed by atoms with E-state index in [4.69, 9.17) is 10.5 Å². The number of fused-ring (bicyclic) bond motifs is 5. The molecule has 1 atom stereocenters. The normalized spacial score (nSPS) is 18.5. The van der Waals surface area contributed by atoms with E-state index in [0.29, 0.717) is 24.9 Å². The number of anilines is 1. The number of hydrogen-bond acceptors (Lipinski definition) is 4. The first-order valence-electron chi connectivity index (χ1n) is 7.29. The lowest BCUT2D eigenvalue weighted by Crippen LogP contribution is -2.27. The van der Waals surface area contributed by atoms with Crippen LogP contribution in [0.1, 0.15) is 25.7 Å². The van der Waals surface area contributed by atoms with Gasteiger partial charge in [-0.05, 0) is 12.0 Å². The molecule has 0 bridgehead atoms. The minimum Gasteiger partial charge on any atom is -0.382 e. The highest BCUT2D eigenvalue weighted by molar-refractivity contribution is 6.06. The second-order valence-electron chi connectivity index (χ2n) is 5.94. The van der Waals surface area contributed by atoms with E-state index in [2.05, 4.69) is 34.4 Å². The van der Waals surface area contributed by atoms with Gasteiger partial charge in [0.15, 0.2) is 5.82 Å². The van der Waals surface area contributed by atoms with Crippen molar-refractivity contribution < 1.29 is 4.74 Å². The molecule has 1 aliphatic rings. The number of pyridine rings is 1. The van der Waals surface area contributed by atoms with Crippen LogP contribution in [0.25, 0.3) is 21.9 Å². The Hall–Kier alpha value is -2.14. The van der Waals surface area contributed by atoms with Crippen LogP contribution in [0.5, 0.6) is 0 Å². The molecule has 5 heteroatoms. The van der Waals surface area contributed by atoms with Crippen LogP contribution in [0.3, 0.4) is 0 Å². The maximum absolute atomic E-state index is 6.13. The van der Waals surface area contributed by atoms with E-state index in [9.17, 15) is 0 Å². The van der Waals surface area contributed by atoms with Crippen molar-refractivity contribution in [3.63, 3.8) is 0 Å². The third-order valence-electron chi connectivity index (χ3n) is 4.25. The SMILES string of the molecule is CC(C)[C@H]1COCc2nc3c(N)nc4ccccc4c3n21. The lowest BCUT2D eigenvalue weighted by Gasteiger charge is -2.29. The Morgan fingerprint density at radius 2 is 2.10 bits per heavy atom. The van der Waals surface area contributed by atoms with Crippen LogP contribution in [-0.2, 0) is 11.3 Å². The van der Waals surface area contributed by atoms with Gasteiger partial charge in [0.05, 0.1) is 23.7 Å². The Morgan fingerprint density at radius 3 is 2.90 bits per heavy atom. The van der Waals surface area contributed by atoms with Crippen LogP contribution < -0.4 is 5.73 Å². The fourth-order valence-electron chi connectivity index (χ4n) is 3.16. The first-order chi connectivity index (χ1) is 10.2. The van der Waals surface area contributed by atoms with E-state index in [0.717, 1.165) is 27.8 Å². The summed E-state index contributed by atoms with van der Waals surface area (Å²) in [5, 5.41) is 1.10. The summed E-state index contributed by atoms with van der Waals surface area (Å²) in [7, 11) is 0. The first kappa shape index (κ1) is 12.6. The molecule has 0 fully saturated rings. The van der Waals surface area contributed by atoms with E-state index in [1.165, 1.54) is 0 Å². The molecule has 0 unspecified atom stereocenters. The number of rotatable bonds is 1. The lowest BCUT2D eigenvalue weighted by molar-refractivity contribution is 0.0418. The minimum atomic E-state index is 0.281. The highest BCUT2D eigenvalue weighted by Crippen LogP contribution is 2.35. The van der Waals surface area contributed by atoms with Gasteiger partial charge in [-0.25, -0.2) is 9.97 Å². The largest absolute Gasteiger partial charge is 0.382 e. The third-order valence-corrected chi connectivity index (χ3v) is 4.25. The molecule has 4 rings (SSSR count). The van der Waals surface area contributed by atoms with Crippen molar-refractivity contribution in [3.05, 3.63) is 30.1 Å². The third kappa shape index (κ3) is 1.74. The Morgan fingerprint density at radius 1 is 1.29 bits per heavy atom. The van der Waals surface area contributed by atoms with Crippen LogP contribution >= 0.6 is 0 Å². The van der Waals surface area contributed by atoms with Crippen molar-refractivity contribution in [2.75, 3.05) is 12.3 Å². The summed E-state index contributed by atoms with van der Waals surface area (Å²) in [6.45, 7) is 5.67. The zero-order valence-corrected chi connectivity index (χ0v) is 12.2. The number of nitrogens with zero attached hydrogens (tertiary/aromatic N) is 3. The molecule has 1 aromatic carbocycles. The zero-order valence-electron chi connectivity index (χ0n) is 12.2. The highest BCUT2D eigenvalue weighted by atomic mass is 16.5. The number of benzene rings is 1. The number of aromatic nitrogens is 3. The molecule has 1 aliphatic heterocycles. The van der Waals surface area contributed by atoms with Crippen molar-refractivity contribution >= 4 is 27.8 Å². The van der Waals surface area contributed by atoms with Gasteiger partial charge in [-0.2, -0.15) is 0 Å². The summed E-state index contributed by atoms with van der Waals surface area (Å²) in [5.74, 6) is 1.91. The van der Waals surface area contributed by atoms with E-state index in [-0.39, 0.29) is 6.04 Å². The molecule has 21 heavy (non-hydrogen) atoms. The quantitative estimate of drug-likeness (QED) is 0.745. The van der Waals surface area contributed by atoms with Gasteiger partial charge in [-0.15, -0.1) is 0 Å². The molecule has 3 heterocycles. The predicted octanol–water partition coefficient (Wildman–Crippen LogP) is 2.89. The average molecular weight is 282 g/mol. The minimum absolute atomic E-state index is 0.281. The lowest BCUT2D eigenvalue weighted by atomic mass is 10.0. The van der Waals surface area contributed by atoms with Crippen molar-refractivity contribution in [2.24, 2.45) is 5.92 Å². The molecule has 2 N–H and O–H groups in total. The van der Waals surface area contributed by atoms with Gasteiger partial charge >= 0.3 is 0 Å². The summed E-state index contributed by atoms with van der Waals surface area (Å²) < 4.78 is 8.02. The summed E-state index contributed by atoms with van der Waals surface area (Å²) in [6, 6.07) is 8.38. The van der Waals surface area contributed by atoms with Crippen molar-refractivity contribution in [1.82, 2.24) is 14.5 Å². The molecule has 0 saturated heterocycles. The summed E-state index contributed by atoms with van der Waals surface area (Å²) in [6.07, 6.45) is 0. The van der Waals surface area contributed by atoms with Crippen LogP contribution in [0.4, 0.5) is 5.82 Å². The zero-order chi connectivity index (χ0) is 14.6. The number of nitrogen functional groups attached to an aromatic ring is 1. The smallest absolute Gasteiger partial charge is 0.152 e. The number of para-hydroxylation sites is 1. The molecule has 108 valence electrons. The van der Waals surface area contributed by atoms with Crippen LogP contribution in [0.15, 0.2) is 24.3 Å². The van der Waals surface area contributed by atoms with E-state index in [1.807, 2.05) is 18.2 Å². The second-order valence-corrected chi connectivity index (χ2v) is 5.94. The fourth-order valence-corrected chi connectivity index (χ4v) is 3.16. The van der Waals surface area contributed by atoms with Crippen LogP contribution in [-0.4, -0.2) is 21.1 Å². The molecule has 0 saturated carbocycles. The molecule has 3 aromatic rings. The van der Waals surface area contributed by atoms with Crippen molar-refractivity contribution in [3.8, 4) is 0 Å². The topological polar surface area (TPSA) is 66.0 Å². The van der Waals surface area contributed by atoms with Gasteiger partial charge in [0, 0.05) is 5.39 Å². The predicted molar refractivity (Wildman–Crippen MR) is 83.0 cm³/mol. The number of ether oxygens (including phenoxy) is 1. The van der Waals surface area contributed by atoms with Gasteiger partial charge in [0.2, 0.25) is 0 Å². The Kier molecular flexibility index (Phi) is 2.65. The molecule has 2 aromatic heterocycles. The van der Waals surface area contributed by atoms with Crippen molar-refractivity contribution in [2.45, 2.75) is 26.5 Å². The Labute approximate surface area is 122 Å². The summed E-state index contributed by atoms with van der Waals surface area (Å²) in [4.78, 5) is 9.16. The van der Waals surface area contributed by atoms with Crippen LogP contribution in [0, 0.1) is 5.92 Å². The maximum Gasteiger partial charge on any atom is 0.152 e. The number of imidazole rings is 1. The maximum atomic E-state index is 6.13. The number of hydrogen-bond donors (Lipinski definition) is 1. The Bertz CT molecular complexity index is 837. The Balaban J connectivity index is 2.16. The molecule has 0 radical (unpaired) electrons. The van der Waals surface area contributed by atoms with E-state index < -0.39 is 0 Å². The van der Waals surface area contributed by atoms with E-state index >= 15 is 0 Å². The van der Waals surface area contributed by atoms with E-state index in [1.54, 1.807) is 0 Å². The molecule has 5 nitrogen and oxygen atoms in total. The van der Waals surface area contributed by atoms with Crippen LogP contribution in [0.2, 0.25) is 0 Å². The van der Waals surface area contributed by atoms with Gasteiger partial charge < -0.3 is 15.0 Å². The summed E-state index contributed by atoms with van der Waals surface area (Å²) >= 11 is 0. The van der Waals surface area contributed by atoms with Crippen molar-refractivity contribution in [1.29, 1.82) is 0 Å². The number of nitrogens with two attached hydrogens (primary N) is 1. The van der Waals surface area contributed by atoms with Gasteiger partial charge in [-0.3, -0.25) is 0 Å². The van der Waals surface area contributed by atoms with Gasteiger partial charge in [0.25, 0.3) is 0 Å². The molecule has 0 amide bonds. The molecular weight excluding hydrogens is 264 g/mol. The molecule has 0 aliphatic carbocycles.